The zero-order valence-electron chi connectivity index (χ0n) is 13.3. The van der Waals surface area contributed by atoms with Crippen LogP contribution in [0.15, 0.2) is 29.2 Å². The zero-order valence-corrected chi connectivity index (χ0v) is 14.1. The van der Waals surface area contributed by atoms with Crippen LogP contribution in [0.4, 0.5) is 0 Å². The SMILES string of the molecule is COc1ccc(S(=O)(=O)C2CCN(C(C)(C)C)CC2)cc1. The Bertz CT molecular complexity index is 565. The summed E-state index contributed by atoms with van der Waals surface area (Å²) < 4.78 is 30.4. The zero-order chi connectivity index (χ0) is 15.7. The Hall–Kier alpha value is -1.07. The highest BCUT2D eigenvalue weighted by Crippen LogP contribution is 2.28. The van der Waals surface area contributed by atoms with Crippen molar-refractivity contribution in [2.75, 3.05) is 20.2 Å². The lowest BCUT2D eigenvalue weighted by molar-refractivity contribution is 0.112. The van der Waals surface area contributed by atoms with E-state index in [0.717, 1.165) is 13.1 Å². The number of sulfone groups is 1. The number of nitrogens with zero attached hydrogens (tertiary/aromatic N) is 1. The first kappa shape index (κ1) is 16.3. The molecule has 0 N–H and O–H groups in total. The highest BCUT2D eigenvalue weighted by Gasteiger charge is 2.34. The molecule has 118 valence electrons. The Morgan fingerprint density at radius 1 is 1.10 bits per heavy atom. The normalized spacial score (nSPS) is 18.7. The first-order valence-electron chi connectivity index (χ1n) is 7.38. The molecule has 0 saturated carbocycles. The number of benzene rings is 1. The van der Waals surface area contributed by atoms with Crippen LogP contribution in [-0.4, -0.2) is 44.3 Å². The lowest BCUT2D eigenvalue weighted by Crippen LogP contribution is -2.48. The third kappa shape index (κ3) is 3.58. The van der Waals surface area contributed by atoms with Gasteiger partial charge in [-0.2, -0.15) is 0 Å². The molecule has 0 unspecified atom stereocenters. The highest BCUT2D eigenvalue weighted by atomic mass is 32.2. The monoisotopic (exact) mass is 311 g/mol. The van der Waals surface area contributed by atoms with Crippen LogP contribution in [0.2, 0.25) is 0 Å². The number of ether oxygens (including phenoxy) is 1. The van der Waals surface area contributed by atoms with E-state index in [0.29, 0.717) is 23.5 Å². The van der Waals surface area contributed by atoms with Gasteiger partial charge < -0.3 is 4.74 Å². The Kier molecular flexibility index (Phi) is 4.63. The molecule has 0 aromatic heterocycles. The van der Waals surface area contributed by atoms with E-state index >= 15 is 0 Å². The van der Waals surface area contributed by atoms with Crippen LogP contribution in [0, 0.1) is 0 Å². The summed E-state index contributed by atoms with van der Waals surface area (Å²) >= 11 is 0. The molecule has 1 fully saturated rings. The fraction of sp³-hybridized carbons (Fsp3) is 0.625. The number of hydrogen-bond acceptors (Lipinski definition) is 4. The molecular weight excluding hydrogens is 286 g/mol. The van der Waals surface area contributed by atoms with Crippen molar-refractivity contribution in [3.05, 3.63) is 24.3 Å². The maximum absolute atomic E-state index is 12.7. The van der Waals surface area contributed by atoms with Crippen molar-refractivity contribution in [2.24, 2.45) is 0 Å². The fourth-order valence-corrected chi connectivity index (χ4v) is 4.53. The van der Waals surface area contributed by atoms with Crippen LogP contribution >= 0.6 is 0 Å². The molecule has 1 aliphatic heterocycles. The fourth-order valence-electron chi connectivity index (χ4n) is 2.79. The van der Waals surface area contributed by atoms with Gasteiger partial charge in [-0.3, -0.25) is 4.90 Å². The number of piperidine rings is 1. The van der Waals surface area contributed by atoms with Crippen molar-refractivity contribution in [1.29, 1.82) is 0 Å². The standard InChI is InChI=1S/C16H25NO3S/c1-16(2,3)17-11-9-15(10-12-17)21(18,19)14-7-5-13(20-4)6-8-14/h5-8,15H,9-12H2,1-4H3. The average molecular weight is 311 g/mol. The molecule has 0 amide bonds. The summed E-state index contributed by atoms with van der Waals surface area (Å²) in [6, 6.07) is 6.70. The van der Waals surface area contributed by atoms with Crippen LogP contribution in [0.3, 0.4) is 0 Å². The van der Waals surface area contributed by atoms with Gasteiger partial charge in [0.2, 0.25) is 0 Å². The molecule has 0 atom stereocenters. The molecule has 4 nitrogen and oxygen atoms in total. The second-order valence-corrected chi connectivity index (χ2v) is 8.81. The summed E-state index contributed by atoms with van der Waals surface area (Å²) in [6.45, 7) is 8.19. The predicted octanol–water partition coefficient (Wildman–Crippen LogP) is 2.73. The van der Waals surface area contributed by atoms with Gasteiger partial charge in [-0.05, 0) is 71.0 Å². The van der Waals surface area contributed by atoms with Gasteiger partial charge in [0.15, 0.2) is 9.84 Å². The smallest absolute Gasteiger partial charge is 0.181 e. The molecular formula is C16H25NO3S. The van der Waals surface area contributed by atoms with E-state index in [1.54, 1.807) is 31.4 Å². The Morgan fingerprint density at radius 2 is 1.62 bits per heavy atom. The maximum atomic E-state index is 12.7. The van der Waals surface area contributed by atoms with Crippen LogP contribution in [0.1, 0.15) is 33.6 Å². The molecule has 1 aliphatic rings. The first-order valence-corrected chi connectivity index (χ1v) is 8.93. The maximum Gasteiger partial charge on any atom is 0.181 e. The van der Waals surface area contributed by atoms with Crippen LogP contribution in [-0.2, 0) is 9.84 Å². The van der Waals surface area contributed by atoms with Crippen molar-refractivity contribution in [3.8, 4) is 5.75 Å². The van der Waals surface area contributed by atoms with E-state index in [-0.39, 0.29) is 10.8 Å². The van der Waals surface area contributed by atoms with Crippen molar-refractivity contribution in [3.63, 3.8) is 0 Å². The van der Waals surface area contributed by atoms with Gasteiger partial charge in [-0.15, -0.1) is 0 Å². The van der Waals surface area contributed by atoms with E-state index in [1.165, 1.54) is 0 Å². The lowest BCUT2D eigenvalue weighted by atomic mass is 10.0. The summed E-state index contributed by atoms with van der Waals surface area (Å²) in [5, 5.41) is -0.274. The van der Waals surface area contributed by atoms with Crippen molar-refractivity contribution in [1.82, 2.24) is 4.90 Å². The molecule has 21 heavy (non-hydrogen) atoms. The molecule has 0 spiro atoms. The Labute approximate surface area is 128 Å². The van der Waals surface area contributed by atoms with Gasteiger partial charge in [-0.25, -0.2) is 8.42 Å². The van der Waals surface area contributed by atoms with E-state index in [1.807, 2.05) is 0 Å². The second kappa shape index (κ2) is 5.97. The molecule has 1 heterocycles. The topological polar surface area (TPSA) is 46.6 Å². The van der Waals surface area contributed by atoms with E-state index in [9.17, 15) is 8.42 Å². The highest BCUT2D eigenvalue weighted by molar-refractivity contribution is 7.92. The summed E-state index contributed by atoms with van der Waals surface area (Å²) in [6.07, 6.45) is 1.40. The Morgan fingerprint density at radius 3 is 2.05 bits per heavy atom. The van der Waals surface area contributed by atoms with Gasteiger partial charge in [0.1, 0.15) is 5.75 Å². The quantitative estimate of drug-likeness (QED) is 0.861. The summed E-state index contributed by atoms with van der Waals surface area (Å²) in [4.78, 5) is 2.75. The summed E-state index contributed by atoms with van der Waals surface area (Å²) in [5.41, 5.74) is 0.106. The van der Waals surface area contributed by atoms with E-state index in [4.69, 9.17) is 4.74 Å². The van der Waals surface area contributed by atoms with Gasteiger partial charge in [0, 0.05) is 5.54 Å². The minimum atomic E-state index is -3.24. The second-order valence-electron chi connectivity index (χ2n) is 6.58. The third-order valence-corrected chi connectivity index (χ3v) is 6.50. The molecule has 1 aromatic rings. The third-order valence-electron chi connectivity index (χ3n) is 4.22. The Balaban J connectivity index is 2.11. The summed E-state index contributed by atoms with van der Waals surface area (Å²) in [7, 11) is -1.66. The van der Waals surface area contributed by atoms with Crippen molar-refractivity contribution in [2.45, 2.75) is 49.3 Å². The van der Waals surface area contributed by atoms with Crippen LogP contribution < -0.4 is 4.74 Å². The van der Waals surface area contributed by atoms with Gasteiger partial charge >= 0.3 is 0 Å². The van der Waals surface area contributed by atoms with E-state index < -0.39 is 9.84 Å². The van der Waals surface area contributed by atoms with Crippen LogP contribution in [0.5, 0.6) is 5.75 Å². The minimum absolute atomic E-state index is 0.106. The first-order chi connectivity index (χ1) is 9.75. The van der Waals surface area contributed by atoms with Crippen molar-refractivity contribution >= 4 is 9.84 Å². The predicted molar refractivity (Wildman–Crippen MR) is 84.5 cm³/mol. The summed E-state index contributed by atoms with van der Waals surface area (Å²) in [5.74, 6) is 0.677. The molecule has 1 saturated heterocycles. The number of rotatable bonds is 3. The van der Waals surface area contributed by atoms with Gasteiger partial charge in [0.25, 0.3) is 0 Å². The lowest BCUT2D eigenvalue weighted by Gasteiger charge is -2.40. The number of likely N-dealkylation sites (tertiary alicyclic amines) is 1. The largest absolute Gasteiger partial charge is 0.497 e. The number of hydrogen-bond donors (Lipinski definition) is 0. The van der Waals surface area contributed by atoms with Gasteiger partial charge in [-0.1, -0.05) is 0 Å². The van der Waals surface area contributed by atoms with Gasteiger partial charge in [0.05, 0.1) is 17.3 Å². The molecule has 5 heteroatoms. The number of methoxy groups -OCH3 is 1. The molecule has 1 aromatic carbocycles. The van der Waals surface area contributed by atoms with E-state index in [2.05, 4.69) is 25.7 Å². The molecule has 2 rings (SSSR count). The molecule has 0 radical (unpaired) electrons. The average Bonchev–Trinajstić information content (AvgIpc) is 2.46. The van der Waals surface area contributed by atoms with Crippen molar-refractivity contribution < 1.29 is 13.2 Å². The minimum Gasteiger partial charge on any atom is -0.497 e. The van der Waals surface area contributed by atoms with Crippen LogP contribution in [0.25, 0.3) is 0 Å². The molecule has 0 aliphatic carbocycles. The molecule has 0 bridgehead atoms.